The summed E-state index contributed by atoms with van der Waals surface area (Å²) in [7, 11) is 0. The summed E-state index contributed by atoms with van der Waals surface area (Å²) in [5.74, 6) is 0. The molecule has 2 rings (SSSR count). The van der Waals surface area contributed by atoms with Crippen LogP contribution < -0.4 is 5.32 Å². The van der Waals surface area contributed by atoms with Crippen LogP contribution in [-0.2, 0) is 9.47 Å². The number of carbonyl (C=O) groups is 1. The fourth-order valence-corrected chi connectivity index (χ4v) is 2.36. The van der Waals surface area contributed by atoms with E-state index in [0.717, 1.165) is 5.57 Å². The highest BCUT2D eigenvalue weighted by Crippen LogP contribution is 2.29. The molecule has 0 saturated carbocycles. The van der Waals surface area contributed by atoms with Gasteiger partial charge in [0.15, 0.2) is 0 Å². The van der Waals surface area contributed by atoms with Crippen LogP contribution in [0.3, 0.4) is 0 Å². The molecule has 8 nitrogen and oxygen atoms in total. The highest BCUT2D eigenvalue weighted by molar-refractivity contribution is 5.80. The molecule has 1 unspecified atom stereocenters. The van der Waals surface area contributed by atoms with Crippen molar-refractivity contribution >= 4 is 6.03 Å². The standard InChI is InChI=1S/C14H21N5O3/c1-8(2)21-7-12-11(17-18-15)5-13(22-12)19-6-9(3)10(4)16-14(19)20/h6,8,11-13H,4-5,7H2,1-3H3,(H,16,20)/t11?,12-,13-/m1/s1. The number of hydrogen-bond donors (Lipinski definition) is 1. The van der Waals surface area contributed by atoms with E-state index in [4.69, 9.17) is 15.0 Å². The summed E-state index contributed by atoms with van der Waals surface area (Å²) < 4.78 is 11.4. The number of rotatable bonds is 5. The Morgan fingerprint density at radius 2 is 2.41 bits per heavy atom. The lowest BCUT2D eigenvalue weighted by atomic mass is 10.1. The van der Waals surface area contributed by atoms with Gasteiger partial charge in [0.1, 0.15) is 6.23 Å². The summed E-state index contributed by atoms with van der Waals surface area (Å²) in [6.45, 7) is 9.78. The summed E-state index contributed by atoms with van der Waals surface area (Å²) in [6.07, 6.45) is 1.33. The summed E-state index contributed by atoms with van der Waals surface area (Å²) in [5, 5.41) is 6.44. The van der Waals surface area contributed by atoms with Gasteiger partial charge in [-0.05, 0) is 31.9 Å². The first kappa shape index (κ1) is 16.4. The Morgan fingerprint density at radius 3 is 3.05 bits per heavy atom. The quantitative estimate of drug-likeness (QED) is 0.480. The number of carbonyl (C=O) groups excluding carboxylic acids is 1. The van der Waals surface area contributed by atoms with Gasteiger partial charge in [-0.15, -0.1) is 0 Å². The van der Waals surface area contributed by atoms with E-state index < -0.39 is 6.23 Å². The van der Waals surface area contributed by atoms with Gasteiger partial charge in [-0.1, -0.05) is 11.7 Å². The van der Waals surface area contributed by atoms with E-state index in [1.165, 1.54) is 4.90 Å². The number of azide groups is 1. The van der Waals surface area contributed by atoms with Crippen molar-refractivity contribution in [3.8, 4) is 0 Å². The second-order valence-corrected chi connectivity index (χ2v) is 5.65. The summed E-state index contributed by atoms with van der Waals surface area (Å²) in [4.78, 5) is 16.4. The van der Waals surface area contributed by atoms with Crippen LogP contribution in [0.15, 0.2) is 29.2 Å². The second-order valence-electron chi connectivity index (χ2n) is 5.65. The van der Waals surface area contributed by atoms with Gasteiger partial charge in [-0.25, -0.2) is 4.79 Å². The molecule has 2 amide bonds. The first-order valence-corrected chi connectivity index (χ1v) is 7.20. The molecule has 1 fully saturated rings. The number of ether oxygens (including phenoxy) is 2. The lowest BCUT2D eigenvalue weighted by Crippen LogP contribution is -2.45. The molecule has 2 heterocycles. The maximum atomic E-state index is 12.1. The molecule has 0 aromatic heterocycles. The zero-order chi connectivity index (χ0) is 16.3. The van der Waals surface area contributed by atoms with Gasteiger partial charge in [-0.3, -0.25) is 4.90 Å². The molecule has 0 aliphatic carbocycles. The lowest BCUT2D eigenvalue weighted by molar-refractivity contribution is -0.0643. The van der Waals surface area contributed by atoms with E-state index in [2.05, 4.69) is 21.9 Å². The Balaban J connectivity index is 2.11. The van der Waals surface area contributed by atoms with Crippen molar-refractivity contribution in [3.63, 3.8) is 0 Å². The first-order chi connectivity index (χ1) is 10.4. The zero-order valence-electron chi connectivity index (χ0n) is 13.0. The van der Waals surface area contributed by atoms with Gasteiger partial charge in [0.05, 0.1) is 24.9 Å². The molecule has 0 spiro atoms. The average Bonchev–Trinajstić information content (AvgIpc) is 2.84. The Bertz CT molecular complexity index is 539. The Hall–Kier alpha value is -2.02. The monoisotopic (exact) mass is 307 g/mol. The number of nitrogens with one attached hydrogen (secondary N) is 1. The minimum Gasteiger partial charge on any atom is -0.376 e. The minimum absolute atomic E-state index is 0.0538. The molecule has 8 heteroatoms. The van der Waals surface area contributed by atoms with Gasteiger partial charge in [0.25, 0.3) is 0 Å². The van der Waals surface area contributed by atoms with Gasteiger partial charge in [-0.2, -0.15) is 0 Å². The van der Waals surface area contributed by atoms with Crippen LogP contribution >= 0.6 is 0 Å². The van der Waals surface area contributed by atoms with Crippen LogP contribution in [0.5, 0.6) is 0 Å². The van der Waals surface area contributed by atoms with Crippen molar-refractivity contribution in [1.29, 1.82) is 0 Å². The van der Waals surface area contributed by atoms with Gasteiger partial charge >= 0.3 is 6.03 Å². The smallest absolute Gasteiger partial charge is 0.327 e. The average molecular weight is 307 g/mol. The van der Waals surface area contributed by atoms with E-state index in [0.29, 0.717) is 18.7 Å². The Labute approximate surface area is 129 Å². The van der Waals surface area contributed by atoms with Crippen LogP contribution in [-0.4, -0.2) is 42.0 Å². The minimum atomic E-state index is -0.487. The Kier molecular flexibility index (Phi) is 5.07. The van der Waals surface area contributed by atoms with Crippen molar-refractivity contribution in [2.75, 3.05) is 6.61 Å². The first-order valence-electron chi connectivity index (χ1n) is 7.20. The van der Waals surface area contributed by atoms with Crippen molar-refractivity contribution in [2.45, 2.75) is 51.7 Å². The normalized spacial score (nSPS) is 28.5. The molecule has 2 aliphatic rings. The number of nitrogens with zero attached hydrogens (tertiary/aromatic N) is 4. The molecule has 0 aromatic rings. The number of amides is 2. The predicted molar refractivity (Wildman–Crippen MR) is 80.6 cm³/mol. The molecule has 22 heavy (non-hydrogen) atoms. The summed E-state index contributed by atoms with van der Waals surface area (Å²) in [5.41, 5.74) is 10.1. The largest absolute Gasteiger partial charge is 0.376 e. The molecule has 2 aliphatic heterocycles. The molecule has 120 valence electrons. The van der Waals surface area contributed by atoms with Crippen LogP contribution in [0.4, 0.5) is 4.79 Å². The fourth-order valence-electron chi connectivity index (χ4n) is 2.36. The van der Waals surface area contributed by atoms with E-state index in [1.807, 2.05) is 20.8 Å². The van der Waals surface area contributed by atoms with Gasteiger partial charge in [0.2, 0.25) is 0 Å². The molecule has 1 saturated heterocycles. The number of allylic oxidation sites excluding steroid dienone is 1. The lowest BCUT2D eigenvalue weighted by Gasteiger charge is -2.30. The van der Waals surface area contributed by atoms with Crippen LogP contribution in [0.25, 0.3) is 10.4 Å². The molecule has 0 bridgehead atoms. The molecular formula is C14H21N5O3. The third-order valence-electron chi connectivity index (χ3n) is 3.61. The van der Waals surface area contributed by atoms with Crippen molar-refractivity contribution in [3.05, 3.63) is 34.5 Å². The van der Waals surface area contributed by atoms with Crippen LogP contribution in [0, 0.1) is 0 Å². The van der Waals surface area contributed by atoms with Crippen molar-refractivity contribution < 1.29 is 14.3 Å². The molecule has 0 radical (unpaired) electrons. The highest BCUT2D eigenvalue weighted by Gasteiger charge is 2.40. The number of hydrogen-bond acceptors (Lipinski definition) is 4. The second kappa shape index (κ2) is 6.83. The van der Waals surface area contributed by atoms with Gasteiger partial charge < -0.3 is 14.8 Å². The maximum Gasteiger partial charge on any atom is 0.327 e. The van der Waals surface area contributed by atoms with E-state index in [-0.39, 0.29) is 24.3 Å². The topological polar surface area (TPSA) is 99.6 Å². The zero-order valence-corrected chi connectivity index (χ0v) is 13.0. The predicted octanol–water partition coefficient (Wildman–Crippen LogP) is 2.65. The molecule has 0 aromatic carbocycles. The molecular weight excluding hydrogens is 286 g/mol. The van der Waals surface area contributed by atoms with Crippen molar-refractivity contribution in [1.82, 2.24) is 10.2 Å². The molecule has 3 atom stereocenters. The number of urea groups is 1. The van der Waals surface area contributed by atoms with E-state index in [9.17, 15) is 4.79 Å². The maximum absolute atomic E-state index is 12.1. The fraction of sp³-hybridized carbons (Fsp3) is 0.643. The van der Waals surface area contributed by atoms with E-state index >= 15 is 0 Å². The van der Waals surface area contributed by atoms with Crippen LogP contribution in [0.2, 0.25) is 0 Å². The third-order valence-corrected chi connectivity index (χ3v) is 3.61. The van der Waals surface area contributed by atoms with E-state index in [1.54, 1.807) is 6.20 Å². The summed E-state index contributed by atoms with van der Waals surface area (Å²) >= 11 is 0. The van der Waals surface area contributed by atoms with Gasteiger partial charge in [0, 0.05) is 23.2 Å². The third kappa shape index (κ3) is 3.59. The van der Waals surface area contributed by atoms with Crippen LogP contribution in [0.1, 0.15) is 27.2 Å². The van der Waals surface area contributed by atoms with Crippen molar-refractivity contribution in [2.24, 2.45) is 5.11 Å². The SMILES string of the molecule is C=C1NC(=O)N([C@H]2CC(N=[N+]=[N-])[C@@H](COC(C)C)O2)C=C1C. The molecule has 1 N–H and O–H groups in total. The Morgan fingerprint density at radius 1 is 1.68 bits per heavy atom. The summed E-state index contributed by atoms with van der Waals surface area (Å²) in [6, 6.07) is -0.661. The highest BCUT2D eigenvalue weighted by atomic mass is 16.6.